The number of carbonyl (C=O) groups excluding carboxylic acids is 1. The normalized spacial score (nSPS) is 15.3. The van der Waals surface area contributed by atoms with E-state index < -0.39 is 5.95 Å². The van der Waals surface area contributed by atoms with E-state index in [2.05, 4.69) is 25.7 Å². The molecule has 2 N–H and O–H groups in total. The number of fused-ring (bicyclic) bond motifs is 1. The van der Waals surface area contributed by atoms with Gasteiger partial charge in [-0.1, -0.05) is 6.07 Å². The predicted octanol–water partition coefficient (Wildman–Crippen LogP) is 2.67. The predicted molar refractivity (Wildman–Crippen MR) is 119 cm³/mol. The first-order valence-corrected chi connectivity index (χ1v) is 9.31. The fourth-order valence-corrected chi connectivity index (χ4v) is 3.26. The van der Waals surface area contributed by atoms with Crippen LogP contribution in [-0.2, 0) is 17.9 Å². The molecule has 8 nitrogen and oxygen atoms in total. The zero-order valence-electron chi connectivity index (χ0n) is 17.0. The lowest BCUT2D eigenvalue weighted by Gasteiger charge is -2.34. The van der Waals surface area contributed by atoms with E-state index in [9.17, 15) is 9.18 Å². The van der Waals surface area contributed by atoms with E-state index in [4.69, 9.17) is 0 Å². The van der Waals surface area contributed by atoms with Crippen LogP contribution < -0.4 is 15.5 Å². The van der Waals surface area contributed by atoms with Crippen molar-refractivity contribution in [3.05, 3.63) is 59.6 Å². The first-order valence-electron chi connectivity index (χ1n) is 9.31. The molecular formula is C20H24FN7OS. The zero-order valence-corrected chi connectivity index (χ0v) is 18.0. The van der Waals surface area contributed by atoms with Crippen molar-refractivity contribution in [3.8, 4) is 0 Å². The molecule has 3 aromatic heterocycles. The van der Waals surface area contributed by atoms with Gasteiger partial charge in [0.2, 0.25) is 11.9 Å². The number of hydrogen-bond acceptors (Lipinski definition) is 6. The van der Waals surface area contributed by atoms with Crippen LogP contribution >= 0.6 is 13.5 Å². The summed E-state index contributed by atoms with van der Waals surface area (Å²) in [6, 6.07) is 4.73. The van der Waals surface area contributed by atoms with Gasteiger partial charge >= 0.3 is 0 Å². The van der Waals surface area contributed by atoms with Crippen molar-refractivity contribution in [2.45, 2.75) is 33.0 Å². The van der Waals surface area contributed by atoms with Gasteiger partial charge in [0.05, 0.1) is 29.8 Å². The Morgan fingerprint density at radius 1 is 1.27 bits per heavy atom. The standard InChI is InChI=1S/C20H22FN7O.H2S/c1-12-19-16(27(3)13(2)20(29)26-19)6-18(25-12)23-8-15-9-24-28(11-15)10-14-4-5-17(21)22-7-14;/h4-7,9,11,13H,8,10H2,1-3H3,(H,23,25)(H,26,29);1H2/t13-;/m0./s1. The quantitative estimate of drug-likeness (QED) is 0.607. The molecule has 10 heteroatoms. The van der Waals surface area contributed by atoms with Gasteiger partial charge in [-0.05, 0) is 25.5 Å². The molecule has 0 aliphatic carbocycles. The molecule has 0 unspecified atom stereocenters. The molecule has 1 amide bonds. The van der Waals surface area contributed by atoms with Gasteiger partial charge in [0, 0.05) is 37.6 Å². The Bertz CT molecular complexity index is 1050. The highest BCUT2D eigenvalue weighted by molar-refractivity contribution is 7.59. The Morgan fingerprint density at radius 2 is 2.07 bits per heavy atom. The number of likely N-dealkylation sites (N-methyl/N-ethyl adjacent to an activating group) is 1. The van der Waals surface area contributed by atoms with Crippen molar-refractivity contribution in [1.82, 2.24) is 19.7 Å². The number of aromatic nitrogens is 4. The van der Waals surface area contributed by atoms with Gasteiger partial charge in [-0.3, -0.25) is 9.48 Å². The van der Waals surface area contributed by atoms with Crippen molar-refractivity contribution < 1.29 is 9.18 Å². The summed E-state index contributed by atoms with van der Waals surface area (Å²) in [6.45, 7) is 4.82. The highest BCUT2D eigenvalue weighted by Gasteiger charge is 2.28. The number of pyridine rings is 2. The van der Waals surface area contributed by atoms with Crippen molar-refractivity contribution >= 4 is 36.6 Å². The van der Waals surface area contributed by atoms with Crippen LogP contribution in [0.1, 0.15) is 23.7 Å². The molecule has 1 aliphatic heterocycles. The molecule has 0 bridgehead atoms. The number of carbonyl (C=O) groups is 1. The Kier molecular flexibility index (Phi) is 6.25. The number of aryl methyl sites for hydroxylation is 1. The molecule has 0 aromatic carbocycles. The lowest BCUT2D eigenvalue weighted by atomic mass is 10.1. The van der Waals surface area contributed by atoms with Gasteiger partial charge in [-0.25, -0.2) is 9.97 Å². The van der Waals surface area contributed by atoms with Crippen LogP contribution in [0.5, 0.6) is 0 Å². The van der Waals surface area contributed by atoms with Crippen LogP contribution in [0.2, 0.25) is 0 Å². The first-order chi connectivity index (χ1) is 13.9. The lowest BCUT2D eigenvalue weighted by molar-refractivity contribution is -0.117. The number of hydrogen-bond donors (Lipinski definition) is 2. The molecule has 1 atom stereocenters. The van der Waals surface area contributed by atoms with Crippen molar-refractivity contribution in [2.24, 2.45) is 0 Å². The summed E-state index contributed by atoms with van der Waals surface area (Å²) in [6.07, 6.45) is 5.21. The average molecular weight is 430 g/mol. The third kappa shape index (κ3) is 4.38. The zero-order chi connectivity index (χ0) is 20.5. The van der Waals surface area contributed by atoms with E-state index in [1.807, 2.05) is 38.1 Å². The number of anilines is 3. The number of halogens is 1. The van der Waals surface area contributed by atoms with E-state index in [-0.39, 0.29) is 25.4 Å². The van der Waals surface area contributed by atoms with E-state index in [1.165, 1.54) is 12.3 Å². The first kappa shape index (κ1) is 21.6. The summed E-state index contributed by atoms with van der Waals surface area (Å²) in [4.78, 5) is 22.2. The van der Waals surface area contributed by atoms with Crippen LogP contribution in [0.4, 0.5) is 21.6 Å². The summed E-state index contributed by atoms with van der Waals surface area (Å²) in [5.41, 5.74) is 4.32. The van der Waals surface area contributed by atoms with Crippen molar-refractivity contribution in [2.75, 3.05) is 22.6 Å². The molecule has 3 aromatic rings. The van der Waals surface area contributed by atoms with E-state index in [0.29, 0.717) is 13.1 Å². The monoisotopic (exact) mass is 429 g/mol. The molecule has 158 valence electrons. The minimum atomic E-state index is -0.494. The van der Waals surface area contributed by atoms with E-state index in [1.54, 1.807) is 16.9 Å². The molecule has 4 rings (SSSR count). The second-order valence-corrected chi connectivity index (χ2v) is 7.15. The van der Waals surface area contributed by atoms with Gasteiger partial charge in [0.1, 0.15) is 11.9 Å². The van der Waals surface area contributed by atoms with Crippen LogP contribution in [0.15, 0.2) is 36.8 Å². The van der Waals surface area contributed by atoms with Crippen molar-refractivity contribution in [1.29, 1.82) is 0 Å². The van der Waals surface area contributed by atoms with Crippen LogP contribution in [0.3, 0.4) is 0 Å². The smallest absolute Gasteiger partial charge is 0.246 e. The maximum absolute atomic E-state index is 12.9. The van der Waals surface area contributed by atoms with E-state index >= 15 is 0 Å². The number of rotatable bonds is 5. The molecule has 0 fully saturated rings. The van der Waals surface area contributed by atoms with Crippen LogP contribution in [0, 0.1) is 12.9 Å². The molecule has 0 saturated carbocycles. The highest BCUT2D eigenvalue weighted by atomic mass is 32.1. The average Bonchev–Trinajstić information content (AvgIpc) is 3.15. The largest absolute Gasteiger partial charge is 0.366 e. The Hall–Kier alpha value is -3.14. The number of amides is 1. The number of nitrogens with one attached hydrogen (secondary N) is 2. The topological polar surface area (TPSA) is 88.0 Å². The molecule has 0 radical (unpaired) electrons. The van der Waals surface area contributed by atoms with Gasteiger partial charge in [-0.15, -0.1) is 0 Å². The fraction of sp³-hybridized carbons (Fsp3) is 0.300. The molecule has 4 heterocycles. The maximum Gasteiger partial charge on any atom is 0.246 e. The third-order valence-corrected chi connectivity index (χ3v) is 5.06. The van der Waals surface area contributed by atoms with Crippen LogP contribution in [0.25, 0.3) is 0 Å². The minimum absolute atomic E-state index is 0. The number of nitrogens with zero attached hydrogens (tertiary/aromatic N) is 5. The highest BCUT2D eigenvalue weighted by Crippen LogP contribution is 2.34. The Morgan fingerprint density at radius 3 is 2.80 bits per heavy atom. The third-order valence-electron chi connectivity index (χ3n) is 5.06. The molecule has 30 heavy (non-hydrogen) atoms. The maximum atomic E-state index is 12.9. The molecular weight excluding hydrogens is 405 g/mol. The summed E-state index contributed by atoms with van der Waals surface area (Å²) < 4.78 is 14.7. The summed E-state index contributed by atoms with van der Waals surface area (Å²) in [5, 5.41) is 10.6. The molecule has 0 spiro atoms. The summed E-state index contributed by atoms with van der Waals surface area (Å²) >= 11 is 0. The fourth-order valence-electron chi connectivity index (χ4n) is 3.26. The second-order valence-electron chi connectivity index (χ2n) is 7.15. The summed E-state index contributed by atoms with van der Waals surface area (Å²) in [7, 11) is 1.90. The molecule has 1 aliphatic rings. The van der Waals surface area contributed by atoms with Gasteiger partial charge in [0.15, 0.2) is 0 Å². The van der Waals surface area contributed by atoms with Gasteiger partial charge in [0.25, 0.3) is 0 Å². The summed E-state index contributed by atoms with van der Waals surface area (Å²) in [5.74, 6) is 0.202. The molecule has 0 saturated heterocycles. The SMILES string of the molecule is Cc1nc(NCc2cnn(Cc3ccc(F)nc3)c2)cc2c1NC(=O)[C@H](C)N2C.S. The Balaban J connectivity index is 0.00000256. The second kappa shape index (κ2) is 8.70. The minimum Gasteiger partial charge on any atom is -0.366 e. The van der Waals surface area contributed by atoms with Gasteiger partial charge < -0.3 is 15.5 Å². The Labute approximate surface area is 181 Å². The lowest BCUT2D eigenvalue weighted by Crippen LogP contribution is -2.44. The van der Waals surface area contributed by atoms with Crippen molar-refractivity contribution in [3.63, 3.8) is 0 Å². The van der Waals surface area contributed by atoms with Crippen LogP contribution in [-0.4, -0.2) is 38.7 Å². The van der Waals surface area contributed by atoms with Gasteiger partial charge in [-0.2, -0.15) is 23.0 Å². The van der Waals surface area contributed by atoms with E-state index in [0.717, 1.165) is 34.0 Å².